The molecule has 2 N–H and O–H groups in total. The van der Waals surface area contributed by atoms with Gasteiger partial charge in [-0.05, 0) is 50.3 Å². The molecule has 2 heterocycles. The second kappa shape index (κ2) is 8.31. The molecule has 1 aromatic carbocycles. The first-order valence-electron chi connectivity index (χ1n) is 9.88. The van der Waals surface area contributed by atoms with Gasteiger partial charge < -0.3 is 5.73 Å². The molecule has 0 aliphatic heterocycles. The first-order valence-corrected chi connectivity index (χ1v) is 11.6. The van der Waals surface area contributed by atoms with Crippen molar-refractivity contribution in [2.24, 2.45) is 5.73 Å². The Kier molecular flexibility index (Phi) is 5.87. The molecule has 5 nitrogen and oxygen atoms in total. The summed E-state index contributed by atoms with van der Waals surface area (Å²) in [6.07, 6.45) is -0.149. The average Bonchev–Trinajstić information content (AvgIpc) is 2.89. The zero-order valence-electron chi connectivity index (χ0n) is 16.7. The topological polar surface area (TPSA) is 78.0 Å². The number of thioether (sulfide) groups is 1. The van der Waals surface area contributed by atoms with E-state index in [2.05, 4.69) is 4.98 Å². The van der Waals surface area contributed by atoms with Gasteiger partial charge in [-0.3, -0.25) is 14.2 Å². The number of nitrogens with two attached hydrogens (primary N) is 1. The summed E-state index contributed by atoms with van der Waals surface area (Å²) in [5.74, 6) is -0.642. The molecular formula is C21H20F3N3O2S2. The van der Waals surface area contributed by atoms with Crippen LogP contribution in [-0.4, -0.2) is 20.7 Å². The minimum Gasteiger partial charge on any atom is -0.369 e. The van der Waals surface area contributed by atoms with Gasteiger partial charge in [-0.25, -0.2) is 4.98 Å². The average molecular weight is 468 g/mol. The number of benzene rings is 1. The molecule has 0 fully saturated rings. The number of aromatic nitrogens is 2. The van der Waals surface area contributed by atoms with Crippen LogP contribution in [0.25, 0.3) is 15.9 Å². The fourth-order valence-corrected chi connectivity index (χ4v) is 5.95. The van der Waals surface area contributed by atoms with Crippen molar-refractivity contribution in [2.45, 2.75) is 55.6 Å². The van der Waals surface area contributed by atoms with Crippen molar-refractivity contribution in [3.05, 3.63) is 50.6 Å². The van der Waals surface area contributed by atoms with Crippen LogP contribution in [-0.2, 0) is 23.8 Å². The molecule has 4 rings (SSSR count). The molecule has 0 saturated heterocycles. The normalized spacial score (nSPS) is 15.5. The van der Waals surface area contributed by atoms with Crippen LogP contribution in [0.4, 0.5) is 13.2 Å². The van der Waals surface area contributed by atoms with Crippen molar-refractivity contribution in [3.63, 3.8) is 0 Å². The molecule has 0 unspecified atom stereocenters. The van der Waals surface area contributed by atoms with Gasteiger partial charge >= 0.3 is 6.18 Å². The summed E-state index contributed by atoms with van der Waals surface area (Å²) < 4.78 is 42.3. The number of para-hydroxylation sites is 1. The Morgan fingerprint density at radius 3 is 2.65 bits per heavy atom. The summed E-state index contributed by atoms with van der Waals surface area (Å²) in [5.41, 5.74) is 4.48. The molecule has 3 aromatic rings. The van der Waals surface area contributed by atoms with Gasteiger partial charge in [0.25, 0.3) is 5.56 Å². The second-order valence-electron chi connectivity index (χ2n) is 7.46. The van der Waals surface area contributed by atoms with Gasteiger partial charge in [-0.2, -0.15) is 13.2 Å². The molecule has 1 atom stereocenters. The Hall–Kier alpha value is -2.33. The van der Waals surface area contributed by atoms with E-state index in [0.29, 0.717) is 16.6 Å². The van der Waals surface area contributed by atoms with Crippen LogP contribution in [0.1, 0.15) is 42.2 Å². The molecule has 1 aliphatic rings. The molecule has 0 radical (unpaired) electrons. The number of hydrogen-bond acceptors (Lipinski definition) is 5. The summed E-state index contributed by atoms with van der Waals surface area (Å²) >= 11 is 2.30. The van der Waals surface area contributed by atoms with Gasteiger partial charge in [0.1, 0.15) is 4.83 Å². The Morgan fingerprint density at radius 2 is 1.94 bits per heavy atom. The van der Waals surface area contributed by atoms with Crippen LogP contribution in [0.3, 0.4) is 0 Å². The lowest BCUT2D eigenvalue weighted by atomic mass is 10.1. The third-order valence-electron chi connectivity index (χ3n) is 5.34. The highest BCUT2D eigenvalue weighted by Gasteiger charge is 2.35. The summed E-state index contributed by atoms with van der Waals surface area (Å²) in [4.78, 5) is 31.4. The van der Waals surface area contributed by atoms with Crippen molar-refractivity contribution in [3.8, 4) is 5.69 Å². The largest absolute Gasteiger partial charge is 0.418 e. The molecule has 1 aliphatic carbocycles. The van der Waals surface area contributed by atoms with E-state index < -0.39 is 28.5 Å². The van der Waals surface area contributed by atoms with Gasteiger partial charge in [-0.15, -0.1) is 11.3 Å². The predicted molar refractivity (Wildman–Crippen MR) is 116 cm³/mol. The Labute approximate surface area is 184 Å². The van der Waals surface area contributed by atoms with E-state index in [4.69, 9.17) is 5.73 Å². The summed E-state index contributed by atoms with van der Waals surface area (Å²) in [5, 5.41) is -0.363. The van der Waals surface area contributed by atoms with Crippen molar-refractivity contribution >= 4 is 39.2 Å². The fourth-order valence-electron chi connectivity index (χ4n) is 3.78. The fraction of sp³-hybridized carbons (Fsp3) is 0.381. The second-order valence-corrected chi connectivity index (χ2v) is 9.85. The lowest BCUT2D eigenvalue weighted by Crippen LogP contribution is -2.27. The number of aryl methyl sites for hydroxylation is 2. The van der Waals surface area contributed by atoms with Crippen LogP contribution >= 0.6 is 23.1 Å². The smallest absolute Gasteiger partial charge is 0.369 e. The number of fused-ring (bicyclic) bond motifs is 3. The first-order chi connectivity index (χ1) is 14.7. The standard InChI is InChI=1S/C21H20F3N3O2S2/c1-11(17(25)28)30-20-26-18-16(12-7-3-2-4-10-15(12)31-18)19(29)27(20)14-9-6-5-8-13(14)21(22,23)24/h5-6,8-9,11H,2-4,7,10H2,1H3,(H2,25,28)/t11-/m1/s1. The third kappa shape index (κ3) is 4.10. The molecule has 1 amide bonds. The van der Waals surface area contributed by atoms with Crippen LogP contribution in [0.2, 0.25) is 0 Å². The maximum atomic E-state index is 13.8. The molecule has 0 bridgehead atoms. The SMILES string of the molecule is C[C@@H](Sc1nc2sc3c(c2c(=O)n1-c1ccccc1C(F)(F)F)CCCCC3)C(N)=O. The first kappa shape index (κ1) is 21.9. The van der Waals surface area contributed by atoms with Gasteiger partial charge in [0.2, 0.25) is 5.91 Å². The van der Waals surface area contributed by atoms with Crippen molar-refractivity contribution < 1.29 is 18.0 Å². The summed E-state index contributed by atoms with van der Waals surface area (Å²) in [6, 6.07) is 4.91. The maximum Gasteiger partial charge on any atom is 0.418 e. The van der Waals surface area contributed by atoms with E-state index in [1.165, 1.54) is 36.5 Å². The van der Waals surface area contributed by atoms with Crippen molar-refractivity contribution in [1.82, 2.24) is 9.55 Å². The number of thiophene rings is 1. The highest BCUT2D eigenvalue weighted by atomic mass is 32.2. The predicted octanol–water partition coefficient (Wildman–Crippen LogP) is 4.70. The Bertz CT molecular complexity index is 1220. The number of primary amides is 1. The van der Waals surface area contributed by atoms with Crippen LogP contribution in [0, 0.1) is 0 Å². The van der Waals surface area contributed by atoms with Crippen LogP contribution in [0.15, 0.2) is 34.2 Å². The third-order valence-corrected chi connectivity index (χ3v) is 7.60. The lowest BCUT2D eigenvalue weighted by molar-refractivity contribution is -0.137. The number of hydrogen-bond donors (Lipinski definition) is 1. The molecule has 31 heavy (non-hydrogen) atoms. The van der Waals surface area contributed by atoms with E-state index >= 15 is 0 Å². The molecule has 10 heteroatoms. The monoisotopic (exact) mass is 467 g/mol. The number of amides is 1. The van der Waals surface area contributed by atoms with Gasteiger partial charge in [-0.1, -0.05) is 30.3 Å². The highest BCUT2D eigenvalue weighted by molar-refractivity contribution is 8.00. The van der Waals surface area contributed by atoms with E-state index in [1.54, 1.807) is 0 Å². The molecule has 0 saturated carbocycles. The van der Waals surface area contributed by atoms with Crippen molar-refractivity contribution in [1.29, 1.82) is 0 Å². The minimum atomic E-state index is -4.66. The number of nitrogens with zero attached hydrogens (tertiary/aromatic N) is 2. The zero-order chi connectivity index (χ0) is 22.3. The van der Waals surface area contributed by atoms with Gasteiger partial charge in [0.15, 0.2) is 5.16 Å². The van der Waals surface area contributed by atoms with E-state index in [-0.39, 0.29) is 10.8 Å². The molecule has 2 aromatic heterocycles. The van der Waals surface area contributed by atoms with Gasteiger partial charge in [0, 0.05) is 4.88 Å². The number of rotatable bonds is 4. The van der Waals surface area contributed by atoms with E-state index in [9.17, 15) is 22.8 Å². The van der Waals surface area contributed by atoms with E-state index in [1.807, 2.05) is 0 Å². The van der Waals surface area contributed by atoms with Crippen molar-refractivity contribution in [2.75, 3.05) is 0 Å². The number of carbonyl (C=O) groups is 1. The Balaban J connectivity index is 2.05. The zero-order valence-corrected chi connectivity index (χ0v) is 18.3. The summed E-state index contributed by atoms with van der Waals surface area (Å²) in [6.45, 7) is 1.53. The number of carbonyl (C=O) groups excluding carboxylic acids is 1. The lowest BCUT2D eigenvalue weighted by Gasteiger charge is -2.18. The van der Waals surface area contributed by atoms with Crippen LogP contribution in [0.5, 0.6) is 0 Å². The number of halogens is 3. The molecule has 164 valence electrons. The quantitative estimate of drug-likeness (QED) is 0.343. The number of alkyl halides is 3. The minimum absolute atomic E-state index is 0.0249. The highest BCUT2D eigenvalue weighted by Crippen LogP contribution is 2.38. The van der Waals surface area contributed by atoms with E-state index in [0.717, 1.165) is 58.5 Å². The van der Waals surface area contributed by atoms with Crippen LogP contribution < -0.4 is 11.3 Å². The summed E-state index contributed by atoms with van der Waals surface area (Å²) in [7, 11) is 0. The van der Waals surface area contributed by atoms with Gasteiger partial charge in [0.05, 0.1) is 21.9 Å². The maximum absolute atomic E-state index is 13.8. The Morgan fingerprint density at radius 1 is 1.23 bits per heavy atom. The molecule has 0 spiro atoms. The molecular weight excluding hydrogens is 447 g/mol.